The van der Waals surface area contributed by atoms with E-state index in [2.05, 4.69) is 4.74 Å². The first-order chi connectivity index (χ1) is 7.82. The van der Waals surface area contributed by atoms with Crippen molar-refractivity contribution >= 4 is 5.97 Å². The fourth-order valence-electron chi connectivity index (χ4n) is 1.40. The van der Waals surface area contributed by atoms with E-state index in [0.29, 0.717) is 5.56 Å². The van der Waals surface area contributed by atoms with Crippen molar-refractivity contribution in [1.82, 2.24) is 0 Å². The molecular formula is C11H8F3NO2. The van der Waals surface area contributed by atoms with Crippen molar-refractivity contribution < 1.29 is 22.7 Å². The first kappa shape index (κ1) is 13.0. The Kier molecular flexibility index (Phi) is 3.42. The zero-order chi connectivity index (χ0) is 13.2. The number of hydrogen-bond donors (Lipinski definition) is 0. The van der Waals surface area contributed by atoms with E-state index in [1.807, 2.05) is 0 Å². The van der Waals surface area contributed by atoms with Crippen molar-refractivity contribution in [3.8, 4) is 6.07 Å². The fourth-order valence-corrected chi connectivity index (χ4v) is 1.40. The van der Waals surface area contributed by atoms with Gasteiger partial charge in [-0.05, 0) is 18.6 Å². The third-order valence-corrected chi connectivity index (χ3v) is 2.22. The average molecular weight is 243 g/mol. The van der Waals surface area contributed by atoms with Gasteiger partial charge in [-0.2, -0.15) is 18.4 Å². The molecule has 0 N–H and O–H groups in total. The van der Waals surface area contributed by atoms with Gasteiger partial charge in [-0.3, -0.25) is 0 Å². The molecule has 0 fully saturated rings. The Labute approximate surface area is 95.4 Å². The minimum Gasteiger partial charge on any atom is -0.465 e. The van der Waals surface area contributed by atoms with Gasteiger partial charge in [-0.15, -0.1) is 0 Å². The Morgan fingerprint density at radius 3 is 2.41 bits per heavy atom. The molecule has 0 amide bonds. The number of methoxy groups -OCH3 is 1. The molecule has 0 atom stereocenters. The van der Waals surface area contributed by atoms with E-state index < -0.39 is 23.3 Å². The Bertz CT molecular complexity index is 501. The van der Waals surface area contributed by atoms with E-state index in [1.54, 1.807) is 6.07 Å². The van der Waals surface area contributed by atoms with Crippen LogP contribution in [0.3, 0.4) is 0 Å². The van der Waals surface area contributed by atoms with Crippen LogP contribution in [0.4, 0.5) is 13.2 Å². The third-order valence-electron chi connectivity index (χ3n) is 2.22. The Balaban J connectivity index is 3.65. The molecular weight excluding hydrogens is 235 g/mol. The van der Waals surface area contributed by atoms with Gasteiger partial charge in [0.15, 0.2) is 0 Å². The molecule has 0 heterocycles. The van der Waals surface area contributed by atoms with Crippen LogP contribution in [-0.4, -0.2) is 13.1 Å². The molecule has 0 saturated carbocycles. The fraction of sp³-hybridized carbons (Fsp3) is 0.273. The highest BCUT2D eigenvalue weighted by Gasteiger charge is 2.37. The molecule has 0 saturated heterocycles. The lowest BCUT2D eigenvalue weighted by atomic mass is 9.97. The number of esters is 1. The van der Waals surface area contributed by atoms with Crippen LogP contribution in [-0.2, 0) is 10.9 Å². The van der Waals surface area contributed by atoms with E-state index in [4.69, 9.17) is 5.26 Å². The van der Waals surface area contributed by atoms with Crippen molar-refractivity contribution in [2.24, 2.45) is 0 Å². The van der Waals surface area contributed by atoms with E-state index in [1.165, 1.54) is 6.92 Å². The smallest absolute Gasteiger partial charge is 0.417 e. The number of nitrogens with zero attached hydrogens (tertiary/aromatic N) is 1. The number of hydrogen-bond acceptors (Lipinski definition) is 3. The van der Waals surface area contributed by atoms with Crippen LogP contribution in [0.1, 0.15) is 27.0 Å². The highest BCUT2D eigenvalue weighted by atomic mass is 19.4. The summed E-state index contributed by atoms with van der Waals surface area (Å²) in [5.41, 5.74) is -1.92. The molecule has 17 heavy (non-hydrogen) atoms. The van der Waals surface area contributed by atoms with Gasteiger partial charge in [0.1, 0.15) is 6.07 Å². The molecule has 6 heteroatoms. The Hall–Kier alpha value is -2.03. The number of rotatable bonds is 1. The molecule has 0 spiro atoms. The van der Waals surface area contributed by atoms with Crippen LogP contribution in [0.25, 0.3) is 0 Å². The summed E-state index contributed by atoms with van der Waals surface area (Å²) < 4.78 is 42.3. The number of benzene rings is 1. The lowest BCUT2D eigenvalue weighted by Gasteiger charge is -2.13. The highest BCUT2D eigenvalue weighted by Crippen LogP contribution is 2.34. The predicted octanol–water partition coefficient (Wildman–Crippen LogP) is 2.67. The normalized spacial score (nSPS) is 10.8. The van der Waals surface area contributed by atoms with Crippen molar-refractivity contribution in [2.45, 2.75) is 13.1 Å². The largest absolute Gasteiger partial charge is 0.465 e. The summed E-state index contributed by atoms with van der Waals surface area (Å²) in [4.78, 5) is 11.3. The van der Waals surface area contributed by atoms with Gasteiger partial charge in [-0.1, -0.05) is 6.07 Å². The second-order valence-electron chi connectivity index (χ2n) is 3.28. The van der Waals surface area contributed by atoms with Crippen LogP contribution in [0.2, 0.25) is 0 Å². The standard InChI is InChI=1S/C11H8F3NO2/c1-6-3-4-8(11(12,13)14)9(7(6)5-15)10(16)17-2/h3-4H,1-2H3. The molecule has 3 nitrogen and oxygen atoms in total. The van der Waals surface area contributed by atoms with Gasteiger partial charge in [0.25, 0.3) is 0 Å². The van der Waals surface area contributed by atoms with E-state index in [9.17, 15) is 18.0 Å². The maximum Gasteiger partial charge on any atom is 0.417 e. The van der Waals surface area contributed by atoms with E-state index in [-0.39, 0.29) is 5.56 Å². The van der Waals surface area contributed by atoms with Gasteiger partial charge in [0.2, 0.25) is 0 Å². The van der Waals surface area contributed by atoms with Gasteiger partial charge in [-0.25, -0.2) is 4.79 Å². The molecule has 90 valence electrons. The van der Waals surface area contributed by atoms with Gasteiger partial charge in [0, 0.05) is 0 Å². The number of aryl methyl sites for hydroxylation is 1. The van der Waals surface area contributed by atoms with Crippen molar-refractivity contribution in [3.05, 3.63) is 34.4 Å². The second kappa shape index (κ2) is 4.45. The molecule has 1 rings (SSSR count). The lowest BCUT2D eigenvalue weighted by molar-refractivity contribution is -0.138. The summed E-state index contributed by atoms with van der Waals surface area (Å²) in [5.74, 6) is -1.17. The third kappa shape index (κ3) is 2.38. The highest BCUT2D eigenvalue weighted by molar-refractivity contribution is 5.94. The Morgan fingerprint density at radius 2 is 2.00 bits per heavy atom. The zero-order valence-corrected chi connectivity index (χ0v) is 9.05. The first-order valence-corrected chi connectivity index (χ1v) is 4.52. The summed E-state index contributed by atoms with van der Waals surface area (Å²) in [6.45, 7) is 1.45. The quantitative estimate of drug-likeness (QED) is 0.712. The van der Waals surface area contributed by atoms with Crippen LogP contribution >= 0.6 is 0 Å². The lowest BCUT2D eigenvalue weighted by Crippen LogP contribution is -2.16. The minimum atomic E-state index is -4.71. The maximum absolute atomic E-state index is 12.7. The molecule has 1 aromatic carbocycles. The van der Waals surface area contributed by atoms with Crippen molar-refractivity contribution in [1.29, 1.82) is 5.26 Å². The molecule has 0 aliphatic carbocycles. The maximum atomic E-state index is 12.7. The molecule has 0 aliphatic rings. The average Bonchev–Trinajstić information content (AvgIpc) is 2.25. The summed E-state index contributed by atoms with van der Waals surface area (Å²) in [6, 6.07) is 3.50. The number of nitriles is 1. The predicted molar refractivity (Wildman–Crippen MR) is 52.2 cm³/mol. The van der Waals surface area contributed by atoms with Crippen molar-refractivity contribution in [3.63, 3.8) is 0 Å². The van der Waals surface area contributed by atoms with Crippen molar-refractivity contribution in [2.75, 3.05) is 7.11 Å². The van der Waals surface area contributed by atoms with E-state index in [0.717, 1.165) is 19.2 Å². The van der Waals surface area contributed by atoms with Gasteiger partial charge in [0.05, 0.1) is 23.8 Å². The minimum absolute atomic E-state index is 0.293. The Morgan fingerprint density at radius 1 is 1.41 bits per heavy atom. The number of alkyl halides is 3. The summed E-state index contributed by atoms with van der Waals surface area (Å²) in [7, 11) is 0.964. The zero-order valence-electron chi connectivity index (χ0n) is 9.05. The first-order valence-electron chi connectivity index (χ1n) is 4.52. The summed E-state index contributed by atoms with van der Waals surface area (Å²) >= 11 is 0. The second-order valence-corrected chi connectivity index (χ2v) is 3.28. The molecule has 0 aliphatic heterocycles. The van der Waals surface area contributed by atoms with Gasteiger partial charge >= 0.3 is 12.1 Å². The number of ether oxygens (including phenoxy) is 1. The SMILES string of the molecule is COC(=O)c1c(C(F)(F)F)ccc(C)c1C#N. The summed E-state index contributed by atoms with van der Waals surface area (Å²) in [5, 5.41) is 8.81. The molecule has 0 bridgehead atoms. The molecule has 0 aromatic heterocycles. The number of carbonyl (C=O) groups is 1. The topological polar surface area (TPSA) is 50.1 Å². The van der Waals surface area contributed by atoms with Crippen LogP contribution in [0.5, 0.6) is 0 Å². The number of halogens is 3. The van der Waals surface area contributed by atoms with Crippen LogP contribution < -0.4 is 0 Å². The molecule has 0 radical (unpaired) electrons. The molecule has 0 unspecified atom stereocenters. The van der Waals surface area contributed by atoms with Gasteiger partial charge < -0.3 is 4.74 Å². The van der Waals surface area contributed by atoms with E-state index >= 15 is 0 Å². The number of carbonyl (C=O) groups excluding carboxylic acids is 1. The summed E-state index contributed by atoms with van der Waals surface area (Å²) in [6.07, 6.45) is -4.71. The van der Waals surface area contributed by atoms with Crippen LogP contribution in [0, 0.1) is 18.3 Å². The van der Waals surface area contributed by atoms with Crippen LogP contribution in [0.15, 0.2) is 12.1 Å². The molecule has 1 aromatic rings. The monoisotopic (exact) mass is 243 g/mol.